The number of carboxylic acids is 1. The van der Waals surface area contributed by atoms with Crippen molar-refractivity contribution in [2.75, 3.05) is 0 Å². The minimum Gasteiger partial charge on any atom is -0.478 e. The second-order valence-electron chi connectivity index (χ2n) is 8.23. The van der Waals surface area contributed by atoms with Crippen molar-refractivity contribution >= 4 is 5.97 Å². The quantitative estimate of drug-likeness (QED) is 0.590. The summed E-state index contributed by atoms with van der Waals surface area (Å²) in [6, 6.07) is 3.65. The summed E-state index contributed by atoms with van der Waals surface area (Å²) in [7, 11) is 0. The first-order chi connectivity index (χ1) is 13.8. The first kappa shape index (κ1) is 18.0. The molecule has 1 fully saturated rings. The average Bonchev–Trinajstić information content (AvgIpc) is 3.29. The van der Waals surface area contributed by atoms with Gasteiger partial charge in [-0.2, -0.15) is 4.39 Å². The molecule has 0 aromatic carbocycles. The lowest BCUT2D eigenvalue weighted by atomic mass is 9.88. The zero-order valence-electron chi connectivity index (χ0n) is 16.1. The molecule has 6 nitrogen and oxygen atoms in total. The lowest BCUT2D eigenvalue weighted by Gasteiger charge is -2.17. The van der Waals surface area contributed by atoms with Crippen LogP contribution in [0.25, 0.3) is 22.5 Å². The van der Waals surface area contributed by atoms with Crippen LogP contribution in [0.3, 0.4) is 0 Å². The van der Waals surface area contributed by atoms with E-state index in [9.17, 15) is 14.3 Å². The summed E-state index contributed by atoms with van der Waals surface area (Å²) in [5.41, 5.74) is 12.6. The summed E-state index contributed by atoms with van der Waals surface area (Å²) in [4.78, 5) is 23.7. The Bertz CT molecular complexity index is 1160. The number of rotatable bonds is 4. The van der Waals surface area contributed by atoms with E-state index < -0.39 is 11.9 Å². The van der Waals surface area contributed by atoms with Crippen LogP contribution in [0.2, 0.25) is 0 Å². The zero-order chi connectivity index (χ0) is 20.3. The molecule has 0 radical (unpaired) electrons. The van der Waals surface area contributed by atoms with Crippen LogP contribution in [0.1, 0.15) is 45.6 Å². The number of halogens is 1. The van der Waals surface area contributed by atoms with Crippen molar-refractivity contribution in [2.24, 2.45) is 5.73 Å². The van der Waals surface area contributed by atoms with E-state index in [1.54, 1.807) is 13.0 Å². The summed E-state index contributed by atoms with van der Waals surface area (Å²) in [5, 5.41) is 9.85. The maximum atomic E-state index is 13.5. The predicted molar refractivity (Wildman–Crippen MR) is 106 cm³/mol. The number of aromatic carboxylic acids is 1. The fourth-order valence-corrected chi connectivity index (χ4v) is 4.19. The summed E-state index contributed by atoms with van der Waals surface area (Å²) >= 11 is 0. The second kappa shape index (κ2) is 6.22. The van der Waals surface area contributed by atoms with E-state index in [0.29, 0.717) is 35.4 Å². The van der Waals surface area contributed by atoms with Crippen LogP contribution in [0.15, 0.2) is 24.5 Å². The lowest BCUT2D eigenvalue weighted by molar-refractivity contribution is 0.0694. The number of carbonyl (C=O) groups is 1. The molecule has 1 saturated carbocycles. The number of aromatic nitrogens is 3. The number of aryl methyl sites for hydroxylation is 2. The first-order valence-corrected chi connectivity index (χ1v) is 9.72. The van der Waals surface area contributed by atoms with Crippen molar-refractivity contribution < 1.29 is 14.3 Å². The number of hydrogen-bond acceptors (Lipinski definition) is 4. The molecule has 0 spiro atoms. The lowest BCUT2D eigenvalue weighted by Crippen LogP contribution is -2.25. The van der Waals surface area contributed by atoms with Gasteiger partial charge >= 0.3 is 5.97 Å². The second-order valence-corrected chi connectivity index (χ2v) is 8.23. The van der Waals surface area contributed by atoms with E-state index in [-0.39, 0.29) is 5.54 Å². The highest BCUT2D eigenvalue weighted by Crippen LogP contribution is 2.41. The Balaban J connectivity index is 1.63. The van der Waals surface area contributed by atoms with E-state index in [1.165, 1.54) is 6.20 Å². The fourth-order valence-electron chi connectivity index (χ4n) is 4.19. The molecule has 0 bridgehead atoms. The zero-order valence-corrected chi connectivity index (χ0v) is 16.1. The molecule has 0 saturated heterocycles. The van der Waals surface area contributed by atoms with Crippen LogP contribution >= 0.6 is 0 Å². The monoisotopic (exact) mass is 392 g/mol. The highest BCUT2D eigenvalue weighted by atomic mass is 19.1. The van der Waals surface area contributed by atoms with Gasteiger partial charge in [0.25, 0.3) is 0 Å². The number of fused-ring (bicyclic) bond motifs is 3. The molecule has 0 unspecified atom stereocenters. The Morgan fingerprint density at radius 1 is 1.28 bits per heavy atom. The highest BCUT2D eigenvalue weighted by molar-refractivity contribution is 5.95. The Kier molecular flexibility index (Phi) is 3.86. The first-order valence-electron chi connectivity index (χ1n) is 9.72. The number of pyridine rings is 2. The highest BCUT2D eigenvalue weighted by Gasteiger charge is 2.40. The number of nitrogens with two attached hydrogens (primary N) is 1. The van der Waals surface area contributed by atoms with Gasteiger partial charge < -0.3 is 15.8 Å². The van der Waals surface area contributed by atoms with Crippen molar-refractivity contribution in [3.8, 4) is 22.5 Å². The largest absolute Gasteiger partial charge is 0.478 e. The third-order valence-electron chi connectivity index (χ3n) is 6.03. The van der Waals surface area contributed by atoms with E-state index in [2.05, 4.69) is 15.0 Å². The van der Waals surface area contributed by atoms with Crippen LogP contribution in [-0.4, -0.2) is 31.6 Å². The standard InChI is InChI=1S/C22H21FN4O2/c1-11-6-13(10-26-20(11)23)16-7-15-12(9-25-16)2-3-14-18(21(28)29)17(27-19(14)15)8-22(24)4-5-22/h6-7,9-10,27H,2-5,8,24H2,1H3,(H,28,29). The van der Waals surface area contributed by atoms with Crippen LogP contribution < -0.4 is 5.73 Å². The smallest absolute Gasteiger partial charge is 0.337 e. The minimum absolute atomic E-state index is 0.290. The van der Waals surface area contributed by atoms with E-state index in [1.807, 2.05) is 12.3 Å². The van der Waals surface area contributed by atoms with Crippen molar-refractivity contribution in [3.05, 3.63) is 58.4 Å². The van der Waals surface area contributed by atoms with E-state index in [0.717, 1.165) is 47.2 Å². The Hall–Kier alpha value is -3.06. The summed E-state index contributed by atoms with van der Waals surface area (Å²) in [6.07, 6.45) is 7.02. The molecule has 148 valence electrons. The van der Waals surface area contributed by atoms with E-state index in [4.69, 9.17) is 5.73 Å². The number of carboxylic acid groups (broad SMARTS) is 1. The van der Waals surface area contributed by atoms with Crippen LogP contribution in [0, 0.1) is 12.9 Å². The van der Waals surface area contributed by atoms with Gasteiger partial charge in [-0.05, 0) is 55.9 Å². The Morgan fingerprint density at radius 2 is 2.07 bits per heavy atom. The SMILES string of the molecule is Cc1cc(-c2cc3c(cn2)CCc2c-3[nH]c(CC3(N)CC3)c2C(=O)O)cnc1F. The van der Waals surface area contributed by atoms with Gasteiger partial charge in [0.2, 0.25) is 5.95 Å². The topological polar surface area (TPSA) is 105 Å². The summed E-state index contributed by atoms with van der Waals surface area (Å²) in [5.74, 6) is -1.41. The normalized spacial score (nSPS) is 16.2. The maximum Gasteiger partial charge on any atom is 0.337 e. The Morgan fingerprint density at radius 3 is 2.76 bits per heavy atom. The van der Waals surface area contributed by atoms with Gasteiger partial charge in [-0.25, -0.2) is 9.78 Å². The molecular weight excluding hydrogens is 371 g/mol. The molecule has 2 aliphatic rings. The molecular formula is C22H21FN4O2. The maximum absolute atomic E-state index is 13.5. The fraction of sp³-hybridized carbons (Fsp3) is 0.318. The van der Waals surface area contributed by atoms with Crippen molar-refractivity contribution in [1.29, 1.82) is 0 Å². The molecule has 0 aliphatic heterocycles. The molecule has 29 heavy (non-hydrogen) atoms. The van der Waals surface area contributed by atoms with Crippen molar-refractivity contribution in [1.82, 2.24) is 15.0 Å². The van der Waals surface area contributed by atoms with Gasteiger partial charge in [-0.1, -0.05) is 0 Å². The number of nitrogens with one attached hydrogen (secondary N) is 1. The molecule has 3 heterocycles. The average molecular weight is 392 g/mol. The summed E-state index contributed by atoms with van der Waals surface area (Å²) < 4.78 is 13.5. The molecule has 4 N–H and O–H groups in total. The van der Waals surface area contributed by atoms with Gasteiger partial charge in [0.1, 0.15) is 0 Å². The number of H-pyrrole nitrogens is 1. The van der Waals surface area contributed by atoms with Crippen LogP contribution in [0.5, 0.6) is 0 Å². The Labute approximate surface area is 167 Å². The van der Waals surface area contributed by atoms with Crippen LogP contribution in [0.4, 0.5) is 4.39 Å². The molecule has 2 aliphatic carbocycles. The van der Waals surface area contributed by atoms with Gasteiger partial charge in [0.05, 0.1) is 17.0 Å². The molecule has 7 heteroatoms. The van der Waals surface area contributed by atoms with Crippen molar-refractivity contribution in [3.63, 3.8) is 0 Å². The predicted octanol–water partition coefficient (Wildman–Crippen LogP) is 3.42. The molecule has 3 aromatic rings. The van der Waals surface area contributed by atoms with Crippen LogP contribution in [-0.2, 0) is 19.3 Å². The third kappa shape index (κ3) is 3.02. The van der Waals surface area contributed by atoms with Gasteiger partial charge in [0, 0.05) is 46.7 Å². The summed E-state index contributed by atoms with van der Waals surface area (Å²) in [6.45, 7) is 1.67. The van der Waals surface area contributed by atoms with Gasteiger partial charge in [0.15, 0.2) is 0 Å². The molecule has 5 rings (SSSR count). The minimum atomic E-state index is -0.919. The molecule has 0 atom stereocenters. The molecule has 3 aromatic heterocycles. The number of hydrogen-bond donors (Lipinski definition) is 3. The van der Waals surface area contributed by atoms with Crippen molar-refractivity contribution in [2.45, 2.75) is 44.6 Å². The van der Waals surface area contributed by atoms with Gasteiger partial charge in [-0.15, -0.1) is 0 Å². The third-order valence-corrected chi connectivity index (χ3v) is 6.03. The van der Waals surface area contributed by atoms with E-state index >= 15 is 0 Å². The van der Waals surface area contributed by atoms with Gasteiger partial charge in [-0.3, -0.25) is 4.98 Å². The number of nitrogens with zero attached hydrogens (tertiary/aromatic N) is 2. The molecule has 0 amide bonds. The number of aromatic amines is 1.